The van der Waals surface area contributed by atoms with Gasteiger partial charge in [-0.15, -0.1) is 0 Å². The maximum atomic E-state index is 13.6. The van der Waals surface area contributed by atoms with Crippen LogP contribution < -0.4 is 4.74 Å². The molecule has 7 heteroatoms. The van der Waals surface area contributed by atoms with Gasteiger partial charge in [-0.05, 0) is 65.6 Å². The van der Waals surface area contributed by atoms with Gasteiger partial charge in [-0.3, -0.25) is 9.59 Å². The molecule has 2 aliphatic heterocycles. The van der Waals surface area contributed by atoms with Crippen molar-refractivity contribution in [2.45, 2.75) is 18.9 Å². The van der Waals surface area contributed by atoms with Gasteiger partial charge in [-0.1, -0.05) is 35.9 Å². The molecule has 5 rings (SSSR count). The van der Waals surface area contributed by atoms with Crippen LogP contribution in [0.4, 0.5) is 4.39 Å². The van der Waals surface area contributed by atoms with Gasteiger partial charge in [0, 0.05) is 23.6 Å². The number of Topliss-reactive ketones (excluding diaryl/α,β-unsaturated/α-hetero) is 1. The van der Waals surface area contributed by atoms with Crippen LogP contribution in [0.2, 0.25) is 5.02 Å². The SMILES string of the molecule is O=C1C(=O)N(CCc2ccc(Cl)cc2)C(c2ccc(F)cc2)/C1=C(/O)c1ccc2c(c1)CCO2. The lowest BCUT2D eigenvalue weighted by Gasteiger charge is -2.25. The maximum absolute atomic E-state index is 13.6. The minimum atomic E-state index is -0.836. The average molecular weight is 478 g/mol. The lowest BCUT2D eigenvalue weighted by Crippen LogP contribution is -2.31. The van der Waals surface area contributed by atoms with Crippen molar-refractivity contribution < 1.29 is 23.8 Å². The van der Waals surface area contributed by atoms with Gasteiger partial charge in [0.1, 0.15) is 17.3 Å². The minimum Gasteiger partial charge on any atom is -0.507 e. The highest BCUT2D eigenvalue weighted by Crippen LogP contribution is 2.40. The van der Waals surface area contributed by atoms with Gasteiger partial charge >= 0.3 is 0 Å². The fourth-order valence-corrected chi connectivity index (χ4v) is 4.62. The molecule has 1 amide bonds. The quantitative estimate of drug-likeness (QED) is 0.316. The van der Waals surface area contributed by atoms with Crippen molar-refractivity contribution >= 4 is 29.1 Å². The molecule has 34 heavy (non-hydrogen) atoms. The van der Waals surface area contributed by atoms with Crippen LogP contribution in [-0.4, -0.2) is 34.8 Å². The molecular weight excluding hydrogens is 457 g/mol. The number of ketones is 1. The highest BCUT2D eigenvalue weighted by atomic mass is 35.5. The molecule has 2 heterocycles. The normalized spacial score (nSPS) is 18.8. The summed E-state index contributed by atoms with van der Waals surface area (Å²) in [6.07, 6.45) is 1.19. The minimum absolute atomic E-state index is 0.00780. The molecule has 1 atom stereocenters. The molecule has 2 aliphatic rings. The van der Waals surface area contributed by atoms with Gasteiger partial charge in [-0.2, -0.15) is 0 Å². The van der Waals surface area contributed by atoms with E-state index in [0.29, 0.717) is 35.6 Å². The van der Waals surface area contributed by atoms with Crippen LogP contribution in [0, 0.1) is 5.82 Å². The molecular formula is C27H21ClFNO4. The Labute approximate surface area is 201 Å². The molecule has 0 aromatic heterocycles. The largest absolute Gasteiger partial charge is 0.507 e. The van der Waals surface area contributed by atoms with Gasteiger partial charge in [0.15, 0.2) is 0 Å². The van der Waals surface area contributed by atoms with E-state index < -0.39 is 23.5 Å². The van der Waals surface area contributed by atoms with Crippen LogP contribution >= 0.6 is 11.6 Å². The predicted octanol–water partition coefficient (Wildman–Crippen LogP) is 5.08. The van der Waals surface area contributed by atoms with Crippen LogP contribution in [0.3, 0.4) is 0 Å². The summed E-state index contributed by atoms with van der Waals surface area (Å²) in [5, 5.41) is 11.8. The van der Waals surface area contributed by atoms with Gasteiger partial charge in [-0.25, -0.2) is 4.39 Å². The topological polar surface area (TPSA) is 66.8 Å². The summed E-state index contributed by atoms with van der Waals surface area (Å²) in [7, 11) is 0. The summed E-state index contributed by atoms with van der Waals surface area (Å²) in [6.45, 7) is 0.799. The lowest BCUT2D eigenvalue weighted by atomic mass is 9.94. The van der Waals surface area contributed by atoms with Gasteiger partial charge in [0.2, 0.25) is 0 Å². The number of carbonyl (C=O) groups excluding carboxylic acids is 2. The molecule has 1 N–H and O–H groups in total. The number of hydrogen-bond donors (Lipinski definition) is 1. The first-order valence-electron chi connectivity index (χ1n) is 11.0. The third kappa shape index (κ3) is 4.05. The summed E-state index contributed by atoms with van der Waals surface area (Å²) < 4.78 is 19.2. The maximum Gasteiger partial charge on any atom is 0.295 e. The Hall–Kier alpha value is -3.64. The molecule has 0 saturated carbocycles. The molecule has 1 unspecified atom stereocenters. The number of likely N-dealkylation sites (tertiary alicyclic amines) is 1. The Kier molecular flexibility index (Phi) is 5.84. The number of aliphatic hydroxyl groups excluding tert-OH is 1. The van der Waals surface area contributed by atoms with Crippen molar-refractivity contribution in [1.82, 2.24) is 4.90 Å². The molecule has 5 nitrogen and oxygen atoms in total. The first kappa shape index (κ1) is 22.2. The third-order valence-electron chi connectivity index (χ3n) is 6.24. The fraction of sp³-hybridized carbons (Fsp3) is 0.185. The van der Waals surface area contributed by atoms with Gasteiger partial charge < -0.3 is 14.7 Å². The van der Waals surface area contributed by atoms with Crippen molar-refractivity contribution in [2.24, 2.45) is 0 Å². The standard InChI is InChI=1S/C27H21ClFNO4/c28-20-6-1-16(2-7-20)11-13-30-24(17-3-8-21(29)9-4-17)23(26(32)27(30)33)25(31)19-5-10-22-18(15-19)12-14-34-22/h1-10,15,24,31H,11-14H2/b25-23-. The fourth-order valence-electron chi connectivity index (χ4n) is 4.49. The molecule has 3 aromatic rings. The number of ether oxygens (including phenoxy) is 1. The Morgan fingerprint density at radius 2 is 1.79 bits per heavy atom. The van der Waals surface area contributed by atoms with E-state index in [-0.39, 0.29) is 17.9 Å². The van der Waals surface area contributed by atoms with Crippen LogP contribution in [0.15, 0.2) is 72.3 Å². The van der Waals surface area contributed by atoms with Gasteiger partial charge in [0.25, 0.3) is 11.7 Å². The molecule has 1 fully saturated rings. The second kappa shape index (κ2) is 8.95. The van der Waals surface area contributed by atoms with Crippen LogP contribution in [-0.2, 0) is 22.4 Å². The van der Waals surface area contributed by atoms with Crippen LogP contribution in [0.5, 0.6) is 5.75 Å². The Bertz CT molecular complexity index is 1300. The number of benzene rings is 3. The number of fused-ring (bicyclic) bond motifs is 1. The Morgan fingerprint density at radius 1 is 1.06 bits per heavy atom. The van der Waals surface area contributed by atoms with E-state index in [1.165, 1.54) is 29.2 Å². The van der Waals surface area contributed by atoms with Crippen molar-refractivity contribution in [3.05, 3.63) is 105 Å². The summed E-state index contributed by atoms with van der Waals surface area (Å²) in [6, 6.07) is 17.2. The summed E-state index contributed by atoms with van der Waals surface area (Å²) in [5.74, 6) is -1.40. The number of rotatable bonds is 5. The molecule has 1 saturated heterocycles. The predicted molar refractivity (Wildman–Crippen MR) is 126 cm³/mol. The smallest absolute Gasteiger partial charge is 0.295 e. The Balaban J connectivity index is 1.56. The van der Waals surface area contributed by atoms with Crippen LogP contribution in [0.1, 0.15) is 28.3 Å². The monoisotopic (exact) mass is 477 g/mol. The van der Waals surface area contributed by atoms with Crippen molar-refractivity contribution in [3.8, 4) is 5.75 Å². The highest BCUT2D eigenvalue weighted by molar-refractivity contribution is 6.46. The Morgan fingerprint density at radius 3 is 2.53 bits per heavy atom. The summed E-state index contributed by atoms with van der Waals surface area (Å²) in [5.41, 5.74) is 2.85. The van der Waals surface area contributed by atoms with Crippen molar-refractivity contribution in [3.63, 3.8) is 0 Å². The van der Waals surface area contributed by atoms with Crippen LogP contribution in [0.25, 0.3) is 5.76 Å². The van der Waals surface area contributed by atoms with E-state index in [1.807, 2.05) is 12.1 Å². The number of halogens is 2. The summed E-state index contributed by atoms with van der Waals surface area (Å²) >= 11 is 5.96. The van der Waals surface area contributed by atoms with E-state index in [2.05, 4.69) is 0 Å². The molecule has 0 radical (unpaired) electrons. The highest BCUT2D eigenvalue weighted by Gasteiger charge is 2.45. The zero-order valence-corrected chi connectivity index (χ0v) is 18.9. The second-order valence-corrected chi connectivity index (χ2v) is 8.78. The molecule has 0 aliphatic carbocycles. The van der Waals surface area contributed by atoms with Crippen molar-refractivity contribution in [1.29, 1.82) is 0 Å². The van der Waals surface area contributed by atoms with E-state index in [0.717, 1.165) is 16.9 Å². The number of amides is 1. The number of hydrogen-bond acceptors (Lipinski definition) is 4. The van der Waals surface area contributed by atoms with Gasteiger partial charge in [0.05, 0.1) is 18.2 Å². The molecule has 172 valence electrons. The van der Waals surface area contributed by atoms with E-state index >= 15 is 0 Å². The first-order valence-corrected chi connectivity index (χ1v) is 11.3. The number of carbonyl (C=O) groups is 2. The molecule has 3 aromatic carbocycles. The summed E-state index contributed by atoms with van der Waals surface area (Å²) in [4.78, 5) is 27.7. The van der Waals surface area contributed by atoms with E-state index in [1.54, 1.807) is 30.3 Å². The zero-order chi connectivity index (χ0) is 23.8. The second-order valence-electron chi connectivity index (χ2n) is 8.34. The third-order valence-corrected chi connectivity index (χ3v) is 6.50. The van der Waals surface area contributed by atoms with E-state index in [4.69, 9.17) is 16.3 Å². The van der Waals surface area contributed by atoms with E-state index in [9.17, 15) is 19.1 Å². The first-order chi connectivity index (χ1) is 16.4. The van der Waals surface area contributed by atoms with Crippen molar-refractivity contribution in [2.75, 3.05) is 13.2 Å². The molecule has 0 spiro atoms. The number of nitrogens with zero attached hydrogens (tertiary/aromatic N) is 1. The lowest BCUT2D eigenvalue weighted by molar-refractivity contribution is -0.139. The average Bonchev–Trinajstić information content (AvgIpc) is 3.41. The molecule has 0 bridgehead atoms. The number of aliphatic hydroxyl groups is 1. The zero-order valence-electron chi connectivity index (χ0n) is 18.1.